The minimum atomic E-state index is -1.24. The molecule has 0 saturated heterocycles. The zero-order valence-corrected chi connectivity index (χ0v) is 19.2. The molecule has 0 atom stereocenters. The van der Waals surface area contributed by atoms with Crippen LogP contribution in [0.15, 0.2) is 66.7 Å². The number of hydrogen-bond acceptors (Lipinski definition) is 4. The average molecular weight is 489 g/mol. The molecule has 0 aliphatic carbocycles. The minimum Gasteiger partial charge on any atom is -0.488 e. The van der Waals surface area contributed by atoms with Gasteiger partial charge in [0.2, 0.25) is 0 Å². The third-order valence-electron chi connectivity index (χ3n) is 6.08. The van der Waals surface area contributed by atoms with Crippen LogP contribution in [0.1, 0.15) is 37.5 Å². The first-order valence-electron chi connectivity index (χ1n) is 11.2. The van der Waals surface area contributed by atoms with Gasteiger partial charge in [0.25, 0.3) is 5.91 Å². The van der Waals surface area contributed by atoms with Crippen molar-refractivity contribution < 1.29 is 28.2 Å². The highest BCUT2D eigenvalue weighted by molar-refractivity contribution is 5.96. The Morgan fingerprint density at radius 1 is 1.06 bits per heavy atom. The van der Waals surface area contributed by atoms with Crippen molar-refractivity contribution in [1.82, 2.24) is 14.7 Å². The summed E-state index contributed by atoms with van der Waals surface area (Å²) in [6, 6.07) is 17.0. The van der Waals surface area contributed by atoms with Gasteiger partial charge in [0.05, 0.1) is 11.3 Å². The summed E-state index contributed by atoms with van der Waals surface area (Å²) in [5, 5.41) is 13.6. The van der Waals surface area contributed by atoms with Gasteiger partial charge in [-0.15, -0.1) is 0 Å². The highest BCUT2D eigenvalue weighted by Gasteiger charge is 2.31. The molecule has 0 fully saturated rings. The molecule has 5 rings (SSSR count). The third kappa shape index (κ3) is 4.31. The first-order valence-corrected chi connectivity index (χ1v) is 11.2. The molecule has 7 nitrogen and oxygen atoms in total. The maximum absolute atomic E-state index is 14.8. The SMILES string of the molecule is Cn1nc(C(=O)N(Cc2ccccc2)Cc2ccc(C(=O)O)cc2F)c2c1-c1cc(F)ccc1OC2. The largest absolute Gasteiger partial charge is 0.488 e. The summed E-state index contributed by atoms with van der Waals surface area (Å²) in [6.07, 6.45) is 0. The van der Waals surface area contributed by atoms with Crippen LogP contribution in [-0.4, -0.2) is 31.7 Å². The summed E-state index contributed by atoms with van der Waals surface area (Å²) in [4.78, 5) is 26.4. The van der Waals surface area contributed by atoms with Crippen LogP contribution in [0, 0.1) is 11.6 Å². The quantitative estimate of drug-likeness (QED) is 0.421. The highest BCUT2D eigenvalue weighted by Crippen LogP contribution is 2.39. The van der Waals surface area contributed by atoms with Gasteiger partial charge in [0.15, 0.2) is 5.69 Å². The molecular weight excluding hydrogens is 468 g/mol. The minimum absolute atomic E-state index is 0.0731. The molecule has 1 aliphatic rings. The van der Waals surface area contributed by atoms with Crippen molar-refractivity contribution in [2.75, 3.05) is 0 Å². The summed E-state index contributed by atoms with van der Waals surface area (Å²) < 4.78 is 36.1. The van der Waals surface area contributed by atoms with Crippen LogP contribution in [0.5, 0.6) is 5.75 Å². The Kier molecular flexibility index (Phi) is 5.97. The fourth-order valence-corrected chi connectivity index (χ4v) is 4.34. The topological polar surface area (TPSA) is 84.7 Å². The van der Waals surface area contributed by atoms with Gasteiger partial charge in [-0.1, -0.05) is 36.4 Å². The lowest BCUT2D eigenvalue weighted by Gasteiger charge is -2.24. The van der Waals surface area contributed by atoms with Crippen molar-refractivity contribution >= 4 is 11.9 Å². The molecule has 0 unspecified atom stereocenters. The van der Waals surface area contributed by atoms with Gasteiger partial charge < -0.3 is 14.7 Å². The summed E-state index contributed by atoms with van der Waals surface area (Å²) in [5.41, 5.74) is 2.52. The lowest BCUT2D eigenvalue weighted by atomic mass is 10.0. The summed E-state index contributed by atoms with van der Waals surface area (Å²) in [6.45, 7) is 0.123. The highest BCUT2D eigenvalue weighted by atomic mass is 19.1. The van der Waals surface area contributed by atoms with Crippen molar-refractivity contribution in [3.8, 4) is 17.0 Å². The number of benzene rings is 3. The Labute approximate surface area is 205 Å². The first kappa shape index (κ1) is 23.2. The Morgan fingerprint density at radius 2 is 1.83 bits per heavy atom. The van der Waals surface area contributed by atoms with Gasteiger partial charge >= 0.3 is 5.97 Å². The number of nitrogens with zero attached hydrogens (tertiary/aromatic N) is 3. The fraction of sp³-hybridized carbons (Fsp3) is 0.148. The van der Waals surface area contributed by atoms with Gasteiger partial charge in [-0.2, -0.15) is 5.10 Å². The molecule has 1 aromatic heterocycles. The number of carbonyl (C=O) groups excluding carboxylic acids is 1. The Bertz CT molecular complexity index is 1480. The number of carbonyl (C=O) groups is 2. The number of aromatic carboxylic acids is 1. The second-order valence-corrected chi connectivity index (χ2v) is 8.49. The van der Waals surface area contributed by atoms with Gasteiger partial charge in [-0.25, -0.2) is 13.6 Å². The number of carboxylic acids is 1. The maximum atomic E-state index is 14.8. The van der Waals surface area contributed by atoms with Crippen molar-refractivity contribution in [1.29, 1.82) is 0 Å². The number of aryl methyl sites for hydroxylation is 1. The number of ether oxygens (including phenoxy) is 1. The summed E-state index contributed by atoms with van der Waals surface area (Å²) in [5.74, 6) is -2.37. The van der Waals surface area contributed by atoms with Gasteiger partial charge in [-0.05, 0) is 35.9 Å². The Hall–Kier alpha value is -4.53. The molecule has 9 heteroatoms. The Morgan fingerprint density at radius 3 is 2.56 bits per heavy atom. The van der Waals surface area contributed by atoms with E-state index in [-0.39, 0.29) is 36.5 Å². The fourth-order valence-electron chi connectivity index (χ4n) is 4.34. The summed E-state index contributed by atoms with van der Waals surface area (Å²) >= 11 is 0. The molecule has 1 N–H and O–H groups in total. The number of amides is 1. The van der Waals surface area contributed by atoms with E-state index in [0.717, 1.165) is 11.6 Å². The number of halogens is 2. The number of aromatic nitrogens is 2. The van der Waals surface area contributed by atoms with Crippen molar-refractivity contribution in [2.24, 2.45) is 7.05 Å². The van der Waals surface area contributed by atoms with Crippen molar-refractivity contribution in [3.63, 3.8) is 0 Å². The van der Waals surface area contributed by atoms with E-state index in [1.807, 2.05) is 30.3 Å². The monoisotopic (exact) mass is 489 g/mol. The van der Waals surface area contributed by atoms with Crippen LogP contribution in [0.3, 0.4) is 0 Å². The van der Waals surface area contributed by atoms with E-state index in [9.17, 15) is 18.4 Å². The normalized spacial score (nSPS) is 11.9. The molecule has 4 aromatic rings. The van der Waals surface area contributed by atoms with Crippen LogP contribution in [0.4, 0.5) is 8.78 Å². The average Bonchev–Trinajstić information content (AvgIpc) is 3.21. The Balaban J connectivity index is 1.54. The molecule has 182 valence electrons. The molecule has 36 heavy (non-hydrogen) atoms. The lowest BCUT2D eigenvalue weighted by Crippen LogP contribution is -2.32. The maximum Gasteiger partial charge on any atom is 0.335 e. The smallest absolute Gasteiger partial charge is 0.335 e. The number of rotatable bonds is 6. The van der Waals surface area contributed by atoms with E-state index in [2.05, 4.69) is 5.10 Å². The summed E-state index contributed by atoms with van der Waals surface area (Å²) in [7, 11) is 1.67. The molecule has 0 radical (unpaired) electrons. The van der Waals surface area contributed by atoms with E-state index in [4.69, 9.17) is 9.84 Å². The van der Waals surface area contributed by atoms with E-state index >= 15 is 0 Å². The van der Waals surface area contributed by atoms with Crippen LogP contribution < -0.4 is 4.74 Å². The van der Waals surface area contributed by atoms with Crippen molar-refractivity contribution in [2.45, 2.75) is 19.7 Å². The third-order valence-corrected chi connectivity index (χ3v) is 6.08. The number of fused-ring (bicyclic) bond motifs is 3. The molecule has 1 aliphatic heterocycles. The molecule has 0 bridgehead atoms. The lowest BCUT2D eigenvalue weighted by molar-refractivity contribution is 0.0691. The van der Waals surface area contributed by atoms with E-state index < -0.39 is 23.5 Å². The van der Waals surface area contributed by atoms with Crippen LogP contribution in [0.2, 0.25) is 0 Å². The zero-order valence-electron chi connectivity index (χ0n) is 19.2. The molecule has 3 aromatic carbocycles. The number of carboxylic acid groups (broad SMARTS) is 1. The molecule has 2 heterocycles. The van der Waals surface area contributed by atoms with Crippen LogP contribution in [-0.2, 0) is 26.7 Å². The number of hydrogen-bond donors (Lipinski definition) is 1. The second-order valence-electron chi connectivity index (χ2n) is 8.49. The van der Waals surface area contributed by atoms with E-state index in [1.54, 1.807) is 7.05 Å². The van der Waals surface area contributed by atoms with Crippen molar-refractivity contribution in [3.05, 3.63) is 106 Å². The zero-order chi connectivity index (χ0) is 25.4. The van der Waals surface area contributed by atoms with Gasteiger partial charge in [-0.3, -0.25) is 9.48 Å². The molecular formula is C27H21F2N3O4. The predicted octanol–water partition coefficient (Wildman–Crippen LogP) is 4.80. The molecule has 1 amide bonds. The predicted molar refractivity (Wildman–Crippen MR) is 126 cm³/mol. The second kappa shape index (κ2) is 9.26. The first-order chi connectivity index (χ1) is 17.3. The van der Waals surface area contributed by atoms with Crippen LogP contribution >= 0.6 is 0 Å². The van der Waals surface area contributed by atoms with Gasteiger partial charge in [0, 0.05) is 36.8 Å². The van der Waals surface area contributed by atoms with E-state index in [0.29, 0.717) is 22.6 Å². The molecule has 0 saturated carbocycles. The standard InChI is InChI=1S/C27H21F2N3O4/c1-31-25-20-12-19(28)9-10-23(20)36-15-21(25)24(30-31)26(33)32(13-16-5-3-2-4-6-16)14-18-8-7-17(27(34)35)11-22(18)29/h2-12H,13-15H2,1H3,(H,34,35). The van der Waals surface area contributed by atoms with E-state index in [1.165, 1.54) is 39.9 Å². The molecule has 0 spiro atoms. The van der Waals surface area contributed by atoms with Crippen LogP contribution in [0.25, 0.3) is 11.3 Å². The van der Waals surface area contributed by atoms with Gasteiger partial charge in [0.1, 0.15) is 24.0 Å².